The summed E-state index contributed by atoms with van der Waals surface area (Å²) in [7, 11) is -3.77. The first-order valence-electron chi connectivity index (χ1n) is 8.54. The molecule has 0 aliphatic carbocycles. The third-order valence-electron chi connectivity index (χ3n) is 4.08. The van der Waals surface area contributed by atoms with Gasteiger partial charge in [-0.2, -0.15) is 0 Å². The van der Waals surface area contributed by atoms with E-state index < -0.39 is 10.0 Å². The zero-order valence-corrected chi connectivity index (χ0v) is 16.8. The smallest absolute Gasteiger partial charge is 0.261 e. The van der Waals surface area contributed by atoms with Crippen LogP contribution in [0.4, 0.5) is 5.69 Å². The maximum Gasteiger partial charge on any atom is 0.261 e. The molecule has 0 saturated carbocycles. The molecule has 0 aliphatic heterocycles. The van der Waals surface area contributed by atoms with Gasteiger partial charge in [-0.1, -0.05) is 66.2 Å². The van der Waals surface area contributed by atoms with E-state index in [-0.39, 0.29) is 4.90 Å². The Morgan fingerprint density at radius 2 is 1.71 bits per heavy atom. The van der Waals surface area contributed by atoms with E-state index in [1.54, 1.807) is 42.5 Å². The molecular formula is C22H19ClN2O2S. The fourth-order valence-electron chi connectivity index (χ4n) is 2.71. The second-order valence-corrected chi connectivity index (χ2v) is 8.25. The number of anilines is 1. The fraction of sp³-hybridized carbons (Fsp3) is 0.0455. The van der Waals surface area contributed by atoms with Gasteiger partial charge in [0.15, 0.2) is 0 Å². The number of halogens is 1. The van der Waals surface area contributed by atoms with Crippen molar-refractivity contribution in [1.29, 1.82) is 0 Å². The Morgan fingerprint density at radius 1 is 1.04 bits per heavy atom. The molecule has 0 spiro atoms. The second kappa shape index (κ2) is 8.42. The minimum absolute atomic E-state index is 0.181. The summed E-state index contributed by atoms with van der Waals surface area (Å²) in [5, 5.41) is 0.473. The largest absolute Gasteiger partial charge is 0.279 e. The molecule has 0 bridgehead atoms. The van der Waals surface area contributed by atoms with E-state index in [0.717, 1.165) is 11.1 Å². The number of sulfonamides is 1. The van der Waals surface area contributed by atoms with Crippen molar-refractivity contribution in [3.05, 3.63) is 107 Å². The van der Waals surface area contributed by atoms with Crippen molar-refractivity contribution >= 4 is 33.0 Å². The van der Waals surface area contributed by atoms with E-state index in [1.807, 2.05) is 37.3 Å². The molecular weight excluding hydrogens is 392 g/mol. The Kier molecular flexibility index (Phi) is 5.97. The van der Waals surface area contributed by atoms with Crippen LogP contribution in [0.5, 0.6) is 0 Å². The van der Waals surface area contributed by atoms with Crippen molar-refractivity contribution in [3.63, 3.8) is 0 Å². The van der Waals surface area contributed by atoms with E-state index in [2.05, 4.69) is 16.3 Å². The van der Waals surface area contributed by atoms with Crippen LogP contribution in [-0.4, -0.2) is 14.1 Å². The molecule has 0 fully saturated rings. The van der Waals surface area contributed by atoms with Gasteiger partial charge in [-0.25, -0.2) is 8.42 Å². The van der Waals surface area contributed by atoms with E-state index in [0.29, 0.717) is 22.0 Å². The van der Waals surface area contributed by atoms with Crippen molar-refractivity contribution in [2.75, 3.05) is 4.72 Å². The van der Waals surface area contributed by atoms with Gasteiger partial charge in [0, 0.05) is 22.3 Å². The van der Waals surface area contributed by atoms with Crippen LogP contribution in [-0.2, 0) is 10.0 Å². The first-order chi connectivity index (χ1) is 13.4. The van der Waals surface area contributed by atoms with Crippen LogP contribution in [0, 0.1) is 6.92 Å². The molecule has 4 nitrogen and oxygen atoms in total. The fourth-order valence-corrected chi connectivity index (χ4v) is 3.96. The molecule has 0 amide bonds. The number of hydrogen-bond donors (Lipinski definition) is 1. The predicted octanol–water partition coefficient (Wildman–Crippen LogP) is 5.43. The van der Waals surface area contributed by atoms with Crippen molar-refractivity contribution in [3.8, 4) is 0 Å². The lowest BCUT2D eigenvalue weighted by Gasteiger charge is -2.15. The van der Waals surface area contributed by atoms with Crippen LogP contribution in [0.25, 0.3) is 0 Å². The van der Waals surface area contributed by atoms with Crippen molar-refractivity contribution < 1.29 is 8.42 Å². The highest BCUT2D eigenvalue weighted by Gasteiger charge is 2.19. The summed E-state index contributed by atoms with van der Waals surface area (Å²) in [5.74, 6) is 0. The molecule has 6 heteroatoms. The van der Waals surface area contributed by atoms with Gasteiger partial charge < -0.3 is 0 Å². The molecule has 3 aromatic carbocycles. The molecule has 0 radical (unpaired) electrons. The zero-order chi connectivity index (χ0) is 20.1. The van der Waals surface area contributed by atoms with Crippen LogP contribution in [0.2, 0.25) is 5.02 Å². The molecule has 0 saturated heterocycles. The van der Waals surface area contributed by atoms with Crippen LogP contribution in [0.1, 0.15) is 16.7 Å². The normalized spacial score (nSPS) is 11.9. The first kappa shape index (κ1) is 19.9. The predicted molar refractivity (Wildman–Crippen MR) is 116 cm³/mol. The average Bonchev–Trinajstić information content (AvgIpc) is 2.68. The highest BCUT2D eigenvalue weighted by molar-refractivity contribution is 7.92. The summed E-state index contributed by atoms with van der Waals surface area (Å²) in [6.45, 7) is 5.58. The Morgan fingerprint density at radius 3 is 2.36 bits per heavy atom. The van der Waals surface area contributed by atoms with Gasteiger partial charge in [0.05, 0.1) is 16.3 Å². The molecule has 142 valence electrons. The summed E-state index contributed by atoms with van der Waals surface area (Å²) in [5.41, 5.74) is 3.32. The van der Waals surface area contributed by atoms with Crippen molar-refractivity contribution in [2.45, 2.75) is 11.8 Å². The second-order valence-electron chi connectivity index (χ2n) is 6.13. The highest BCUT2D eigenvalue weighted by Crippen LogP contribution is 2.27. The molecule has 1 N–H and O–H groups in total. The summed E-state index contributed by atoms with van der Waals surface area (Å²) >= 11 is 6.20. The van der Waals surface area contributed by atoms with Crippen LogP contribution >= 0.6 is 11.6 Å². The summed E-state index contributed by atoms with van der Waals surface area (Å²) in [6.07, 6.45) is 1.42. The third kappa shape index (κ3) is 4.50. The average molecular weight is 411 g/mol. The number of nitrogens with one attached hydrogen (secondary N) is 1. The van der Waals surface area contributed by atoms with Gasteiger partial charge in [-0.15, -0.1) is 0 Å². The van der Waals surface area contributed by atoms with Crippen LogP contribution < -0.4 is 4.72 Å². The molecule has 0 aromatic heterocycles. The maximum atomic E-state index is 12.9. The highest BCUT2D eigenvalue weighted by atomic mass is 35.5. The third-order valence-corrected chi connectivity index (χ3v) is 5.70. The summed E-state index contributed by atoms with van der Waals surface area (Å²) in [6, 6.07) is 21.0. The van der Waals surface area contributed by atoms with Crippen molar-refractivity contribution in [1.82, 2.24) is 0 Å². The zero-order valence-electron chi connectivity index (χ0n) is 15.3. The molecule has 0 heterocycles. The van der Waals surface area contributed by atoms with Gasteiger partial charge in [0.1, 0.15) is 0 Å². The standard InChI is InChI=1S/C22H19ClN2O2S/c1-3-24-22(17-7-5-4-6-8-17)20-15-18(23)11-14-21(20)25-28(26,27)19-12-9-16(2)10-13-19/h3-15,25H,1H2,2H3. The number of aryl methyl sites for hydroxylation is 1. The van der Waals surface area contributed by atoms with Gasteiger partial charge in [0.2, 0.25) is 0 Å². The number of nitrogens with zero attached hydrogens (tertiary/aromatic N) is 1. The SMILES string of the molecule is C=CN=C(c1ccccc1)c1cc(Cl)ccc1NS(=O)(=O)c1ccc(C)cc1. The number of benzene rings is 3. The molecule has 3 aromatic rings. The minimum Gasteiger partial charge on any atom is -0.279 e. The molecule has 0 unspecified atom stereocenters. The summed E-state index contributed by atoms with van der Waals surface area (Å²) < 4.78 is 28.4. The van der Waals surface area contributed by atoms with Gasteiger partial charge in [-0.05, 0) is 37.3 Å². The van der Waals surface area contributed by atoms with Crippen LogP contribution in [0.3, 0.4) is 0 Å². The van der Waals surface area contributed by atoms with Gasteiger partial charge >= 0.3 is 0 Å². The first-order valence-corrected chi connectivity index (χ1v) is 10.4. The lowest BCUT2D eigenvalue weighted by Crippen LogP contribution is -2.16. The Balaban J connectivity index is 2.09. The number of aliphatic imine (C=N–C) groups is 1. The number of rotatable bonds is 6. The monoisotopic (exact) mass is 410 g/mol. The minimum atomic E-state index is -3.77. The van der Waals surface area contributed by atoms with E-state index in [1.165, 1.54) is 6.20 Å². The number of hydrogen-bond acceptors (Lipinski definition) is 3. The van der Waals surface area contributed by atoms with E-state index in [4.69, 9.17) is 11.6 Å². The Labute approximate surface area is 170 Å². The van der Waals surface area contributed by atoms with E-state index >= 15 is 0 Å². The maximum absolute atomic E-state index is 12.9. The molecule has 28 heavy (non-hydrogen) atoms. The Bertz CT molecular complexity index is 1120. The lowest BCUT2D eigenvalue weighted by atomic mass is 10.0. The molecule has 3 rings (SSSR count). The lowest BCUT2D eigenvalue weighted by molar-refractivity contribution is 0.601. The quantitative estimate of drug-likeness (QED) is 0.551. The molecule has 0 aliphatic rings. The topological polar surface area (TPSA) is 58.5 Å². The molecule has 0 atom stereocenters. The van der Waals surface area contributed by atoms with Crippen LogP contribution in [0.15, 0.2) is 95.5 Å². The van der Waals surface area contributed by atoms with Gasteiger partial charge in [-0.3, -0.25) is 9.71 Å². The van der Waals surface area contributed by atoms with Gasteiger partial charge in [0.25, 0.3) is 10.0 Å². The van der Waals surface area contributed by atoms with E-state index in [9.17, 15) is 8.42 Å². The summed E-state index contributed by atoms with van der Waals surface area (Å²) in [4.78, 5) is 4.55. The van der Waals surface area contributed by atoms with Crippen molar-refractivity contribution in [2.24, 2.45) is 4.99 Å². The Hall–Kier alpha value is -2.89.